The molecule has 0 spiro atoms. The number of carbonyl (C=O) groups is 1. The third-order valence-electron chi connectivity index (χ3n) is 2.30. The molecule has 0 saturated carbocycles. The molecule has 0 fully saturated rings. The molecule has 92 valence electrons. The first-order valence-electron chi connectivity index (χ1n) is 5.50. The summed E-state index contributed by atoms with van der Waals surface area (Å²) < 4.78 is 1.60. The van der Waals surface area contributed by atoms with Crippen LogP contribution in [0.15, 0.2) is 36.4 Å². The second-order valence-corrected chi connectivity index (χ2v) is 3.68. The third kappa shape index (κ3) is 2.60. The molecule has 18 heavy (non-hydrogen) atoms. The summed E-state index contributed by atoms with van der Waals surface area (Å²) in [6.45, 7) is 3.60. The predicted molar refractivity (Wildman–Crippen MR) is 67.3 cm³/mol. The normalized spacial score (nSPS) is 10.8. The van der Waals surface area contributed by atoms with Crippen molar-refractivity contribution in [3.63, 3.8) is 0 Å². The molecular formula is C12H13N5O. The number of rotatable bonds is 3. The maximum absolute atomic E-state index is 11.4. The average molecular weight is 243 g/mol. The number of aromatic nitrogens is 4. The molecule has 1 amide bonds. The van der Waals surface area contributed by atoms with Crippen molar-refractivity contribution >= 4 is 11.6 Å². The maximum atomic E-state index is 11.4. The quantitative estimate of drug-likeness (QED) is 0.829. The zero-order valence-corrected chi connectivity index (χ0v) is 10.2. The standard InChI is InChI=1S/C12H13N5O/c1-3-5-12(18)13-10-6-4-7-11(8-10)17-9(2)14-15-16-17/h3-8H,1-2H3,(H,13,18). The van der Waals surface area contributed by atoms with E-state index in [4.69, 9.17) is 0 Å². The summed E-state index contributed by atoms with van der Waals surface area (Å²) in [4.78, 5) is 11.4. The number of nitrogens with one attached hydrogen (secondary N) is 1. The van der Waals surface area contributed by atoms with E-state index < -0.39 is 0 Å². The van der Waals surface area contributed by atoms with Crippen LogP contribution in [-0.2, 0) is 4.79 Å². The van der Waals surface area contributed by atoms with Crippen molar-refractivity contribution in [3.05, 3.63) is 42.2 Å². The van der Waals surface area contributed by atoms with Gasteiger partial charge in [0.05, 0.1) is 5.69 Å². The summed E-state index contributed by atoms with van der Waals surface area (Å²) in [5, 5.41) is 14.0. The van der Waals surface area contributed by atoms with Gasteiger partial charge in [-0.25, -0.2) is 0 Å². The number of carbonyl (C=O) groups excluding carboxylic acids is 1. The van der Waals surface area contributed by atoms with Gasteiger partial charge < -0.3 is 5.32 Å². The summed E-state index contributed by atoms with van der Waals surface area (Å²) >= 11 is 0. The maximum Gasteiger partial charge on any atom is 0.248 e. The van der Waals surface area contributed by atoms with Gasteiger partial charge >= 0.3 is 0 Å². The fourth-order valence-electron chi connectivity index (χ4n) is 1.52. The Balaban J connectivity index is 2.26. The Kier molecular flexibility index (Phi) is 3.47. The van der Waals surface area contributed by atoms with Crippen LogP contribution in [0, 0.1) is 6.92 Å². The van der Waals surface area contributed by atoms with Crippen LogP contribution in [0.4, 0.5) is 5.69 Å². The fraction of sp³-hybridized carbons (Fsp3) is 0.167. The highest BCUT2D eigenvalue weighted by Gasteiger charge is 2.04. The number of anilines is 1. The summed E-state index contributed by atoms with van der Waals surface area (Å²) in [5.41, 5.74) is 1.50. The van der Waals surface area contributed by atoms with Gasteiger partial charge in [0.2, 0.25) is 5.91 Å². The van der Waals surface area contributed by atoms with Crippen molar-refractivity contribution in [1.29, 1.82) is 0 Å². The molecule has 0 aliphatic carbocycles. The Labute approximate surface area is 104 Å². The number of benzene rings is 1. The van der Waals surface area contributed by atoms with Gasteiger partial charge in [0, 0.05) is 5.69 Å². The van der Waals surface area contributed by atoms with Crippen molar-refractivity contribution in [1.82, 2.24) is 20.2 Å². The second-order valence-electron chi connectivity index (χ2n) is 3.68. The van der Waals surface area contributed by atoms with E-state index in [-0.39, 0.29) is 5.91 Å². The van der Waals surface area contributed by atoms with Gasteiger partial charge in [-0.1, -0.05) is 12.1 Å². The zero-order valence-electron chi connectivity index (χ0n) is 10.2. The molecule has 1 aromatic heterocycles. The monoisotopic (exact) mass is 243 g/mol. The molecule has 2 rings (SSSR count). The number of hydrogen-bond donors (Lipinski definition) is 1. The Bertz CT molecular complexity index is 588. The lowest BCUT2D eigenvalue weighted by Gasteiger charge is -2.05. The van der Waals surface area contributed by atoms with Crippen molar-refractivity contribution in [2.45, 2.75) is 13.8 Å². The lowest BCUT2D eigenvalue weighted by molar-refractivity contribution is -0.111. The van der Waals surface area contributed by atoms with Crippen molar-refractivity contribution < 1.29 is 4.79 Å². The molecule has 1 N–H and O–H groups in total. The number of aryl methyl sites for hydroxylation is 1. The molecule has 6 heteroatoms. The van der Waals surface area contributed by atoms with Crippen LogP contribution >= 0.6 is 0 Å². The molecule has 6 nitrogen and oxygen atoms in total. The lowest BCUT2D eigenvalue weighted by atomic mass is 10.2. The van der Waals surface area contributed by atoms with E-state index in [2.05, 4.69) is 20.8 Å². The van der Waals surface area contributed by atoms with E-state index in [9.17, 15) is 4.79 Å². The van der Waals surface area contributed by atoms with E-state index in [1.165, 1.54) is 6.08 Å². The number of hydrogen-bond acceptors (Lipinski definition) is 4. The van der Waals surface area contributed by atoms with Crippen LogP contribution in [-0.4, -0.2) is 26.1 Å². The molecule has 0 aliphatic rings. The number of allylic oxidation sites excluding steroid dienone is 1. The first kappa shape index (κ1) is 12.0. The van der Waals surface area contributed by atoms with Gasteiger partial charge in [-0.3, -0.25) is 4.79 Å². The Morgan fingerprint density at radius 2 is 2.28 bits per heavy atom. The molecule has 0 aliphatic heterocycles. The third-order valence-corrected chi connectivity index (χ3v) is 2.30. The smallest absolute Gasteiger partial charge is 0.248 e. The molecule has 0 atom stereocenters. The summed E-state index contributed by atoms with van der Waals surface area (Å²) in [6.07, 6.45) is 3.15. The minimum atomic E-state index is -0.164. The lowest BCUT2D eigenvalue weighted by Crippen LogP contribution is -2.08. The van der Waals surface area contributed by atoms with E-state index >= 15 is 0 Å². The first-order chi connectivity index (χ1) is 8.70. The highest BCUT2D eigenvalue weighted by molar-refractivity contribution is 5.99. The number of tetrazole rings is 1. The highest BCUT2D eigenvalue weighted by Crippen LogP contribution is 2.14. The van der Waals surface area contributed by atoms with Crippen LogP contribution in [0.1, 0.15) is 12.7 Å². The summed E-state index contributed by atoms with van der Waals surface area (Å²) in [7, 11) is 0. The molecule has 0 radical (unpaired) electrons. The molecule has 1 aromatic carbocycles. The van der Waals surface area contributed by atoms with Crippen molar-refractivity contribution in [3.8, 4) is 5.69 Å². The van der Waals surface area contributed by atoms with Crippen LogP contribution in [0.25, 0.3) is 5.69 Å². The molecular weight excluding hydrogens is 230 g/mol. The molecule has 1 heterocycles. The van der Waals surface area contributed by atoms with Gasteiger partial charge in [-0.05, 0) is 48.5 Å². The van der Waals surface area contributed by atoms with Gasteiger partial charge in [-0.2, -0.15) is 4.68 Å². The number of nitrogens with zero attached hydrogens (tertiary/aromatic N) is 4. The minimum absolute atomic E-state index is 0.164. The van der Waals surface area contributed by atoms with Gasteiger partial charge in [0.25, 0.3) is 0 Å². The fourth-order valence-corrected chi connectivity index (χ4v) is 1.52. The van der Waals surface area contributed by atoms with E-state index in [1.807, 2.05) is 31.2 Å². The molecule has 0 bridgehead atoms. The van der Waals surface area contributed by atoms with Crippen LogP contribution in [0.5, 0.6) is 0 Å². The van der Waals surface area contributed by atoms with Gasteiger partial charge in [-0.15, -0.1) is 5.10 Å². The summed E-state index contributed by atoms with van der Waals surface area (Å²) in [5.74, 6) is 0.523. The SMILES string of the molecule is CC=CC(=O)Nc1cccc(-n2nnnc2C)c1. The second kappa shape index (κ2) is 5.22. The van der Waals surface area contributed by atoms with Crippen molar-refractivity contribution in [2.24, 2.45) is 0 Å². The Hall–Kier alpha value is -2.50. The molecule has 2 aromatic rings. The summed E-state index contributed by atoms with van der Waals surface area (Å²) in [6, 6.07) is 7.33. The zero-order chi connectivity index (χ0) is 13.0. The molecule has 0 saturated heterocycles. The predicted octanol–water partition coefficient (Wildman–Crippen LogP) is 1.49. The first-order valence-corrected chi connectivity index (χ1v) is 5.50. The Morgan fingerprint density at radius 3 is 2.94 bits per heavy atom. The van der Waals surface area contributed by atoms with Crippen molar-refractivity contribution in [2.75, 3.05) is 5.32 Å². The van der Waals surface area contributed by atoms with E-state index in [0.29, 0.717) is 11.5 Å². The van der Waals surface area contributed by atoms with E-state index in [0.717, 1.165) is 5.69 Å². The average Bonchev–Trinajstić information content (AvgIpc) is 2.76. The largest absolute Gasteiger partial charge is 0.322 e. The Morgan fingerprint density at radius 1 is 1.44 bits per heavy atom. The number of amides is 1. The van der Waals surface area contributed by atoms with Crippen LogP contribution in [0.3, 0.4) is 0 Å². The van der Waals surface area contributed by atoms with Gasteiger partial charge in [0.1, 0.15) is 0 Å². The van der Waals surface area contributed by atoms with Gasteiger partial charge in [0.15, 0.2) is 5.82 Å². The molecule has 0 unspecified atom stereocenters. The van der Waals surface area contributed by atoms with Crippen LogP contribution in [0.2, 0.25) is 0 Å². The van der Waals surface area contributed by atoms with Crippen LogP contribution < -0.4 is 5.32 Å². The minimum Gasteiger partial charge on any atom is -0.322 e. The topological polar surface area (TPSA) is 72.7 Å². The van der Waals surface area contributed by atoms with E-state index in [1.54, 1.807) is 17.7 Å². The highest BCUT2D eigenvalue weighted by atomic mass is 16.1.